The monoisotopic (exact) mass is 777 g/mol. The number of anilines is 2. The first-order valence-corrected chi connectivity index (χ1v) is 18.8. The molecule has 14 nitrogen and oxygen atoms in total. The highest BCUT2D eigenvalue weighted by Crippen LogP contribution is 2.49. The number of hydrogen-bond donors (Lipinski definition) is 5. The molecule has 300 valence electrons. The van der Waals surface area contributed by atoms with E-state index in [-0.39, 0.29) is 46.8 Å². The molecule has 4 aliphatic rings. The predicted octanol–water partition coefficient (Wildman–Crippen LogP) is 4.85. The van der Waals surface area contributed by atoms with E-state index in [1.165, 1.54) is 25.0 Å². The van der Waals surface area contributed by atoms with Crippen molar-refractivity contribution in [3.8, 4) is 11.1 Å². The lowest BCUT2D eigenvalue weighted by molar-refractivity contribution is -0.138. The average Bonchev–Trinajstić information content (AvgIpc) is 4.09. The van der Waals surface area contributed by atoms with Crippen molar-refractivity contribution in [3.05, 3.63) is 83.4 Å². The third-order valence-corrected chi connectivity index (χ3v) is 10.3. The topological polar surface area (TPSA) is 183 Å². The third-order valence-electron chi connectivity index (χ3n) is 10.3. The van der Waals surface area contributed by atoms with Crippen LogP contribution in [0.1, 0.15) is 73.0 Å². The van der Waals surface area contributed by atoms with Gasteiger partial charge in [-0.15, -0.1) is 0 Å². The highest BCUT2D eigenvalue weighted by atomic mass is 19.4. The van der Waals surface area contributed by atoms with E-state index < -0.39 is 18.6 Å². The van der Waals surface area contributed by atoms with E-state index >= 15 is 0 Å². The summed E-state index contributed by atoms with van der Waals surface area (Å²) >= 11 is 0. The number of fused-ring (bicyclic) bond motifs is 3. The summed E-state index contributed by atoms with van der Waals surface area (Å²) in [6.07, 6.45) is 4.74. The van der Waals surface area contributed by atoms with Crippen LogP contribution >= 0.6 is 0 Å². The number of carbonyl (C=O) groups is 2. The van der Waals surface area contributed by atoms with Gasteiger partial charge in [-0.2, -0.15) is 23.3 Å². The molecule has 0 spiro atoms. The zero-order valence-electron chi connectivity index (χ0n) is 32.1. The number of aromatic nitrogens is 3. The van der Waals surface area contributed by atoms with Gasteiger partial charge in [0.15, 0.2) is 0 Å². The van der Waals surface area contributed by atoms with E-state index in [1.54, 1.807) is 12.1 Å². The number of amides is 2. The Hall–Kier alpha value is -5.42. The van der Waals surface area contributed by atoms with Gasteiger partial charge in [0, 0.05) is 62.9 Å². The van der Waals surface area contributed by atoms with Crippen LogP contribution in [0.5, 0.6) is 0 Å². The quantitative estimate of drug-likeness (QED) is 0.0734. The first-order valence-electron chi connectivity index (χ1n) is 18.8. The molecule has 3 aromatic rings. The molecule has 4 heterocycles. The Morgan fingerprint density at radius 1 is 1.09 bits per heavy atom. The van der Waals surface area contributed by atoms with Crippen molar-refractivity contribution >= 4 is 29.0 Å². The maximum Gasteiger partial charge on any atom is 0.406 e. The zero-order chi connectivity index (χ0) is 40.3. The molecule has 3 fully saturated rings. The van der Waals surface area contributed by atoms with Gasteiger partial charge in [0.2, 0.25) is 0 Å². The number of aliphatic imine (C=N–C) groups is 1. The van der Waals surface area contributed by atoms with Gasteiger partial charge in [-0.3, -0.25) is 19.2 Å². The molecule has 2 saturated carbocycles. The SMILES string of the molecule is CCC1c2c(cnn2C2CN(Cc3cccc(C(=O)N(C)CC(F)(F)F)n3)C2)-c2cccc(NC(=C/C(N)=NC(=O)C3CC3)/C(N)=C\O)c2N1C.CNC1CC1. The van der Waals surface area contributed by atoms with E-state index in [1.807, 2.05) is 38.5 Å². The van der Waals surface area contributed by atoms with Crippen molar-refractivity contribution in [3.63, 3.8) is 0 Å². The van der Waals surface area contributed by atoms with Crippen LogP contribution in [0, 0.1) is 5.92 Å². The number of nitrogens with one attached hydrogen (secondary N) is 2. The zero-order valence-corrected chi connectivity index (χ0v) is 32.1. The molecule has 7 rings (SSSR count). The number of aliphatic hydroxyl groups is 1. The molecule has 17 heteroatoms. The molecule has 1 atom stereocenters. The molecule has 2 aliphatic carbocycles. The Balaban J connectivity index is 0.000000985. The third kappa shape index (κ3) is 9.33. The summed E-state index contributed by atoms with van der Waals surface area (Å²) in [5.41, 5.74) is 17.7. The predicted molar refractivity (Wildman–Crippen MR) is 209 cm³/mol. The van der Waals surface area contributed by atoms with Crippen molar-refractivity contribution in [1.82, 2.24) is 29.9 Å². The maximum atomic E-state index is 12.8. The number of para-hydroxylation sites is 1. The molecule has 1 saturated heterocycles. The van der Waals surface area contributed by atoms with Crippen molar-refractivity contribution in [2.45, 2.75) is 69.9 Å². The summed E-state index contributed by atoms with van der Waals surface area (Å²) in [6, 6.07) is 11.6. The first kappa shape index (κ1) is 40.2. The van der Waals surface area contributed by atoms with Crippen LogP contribution in [0.3, 0.4) is 0 Å². The molecule has 0 bridgehead atoms. The lowest BCUT2D eigenvalue weighted by Crippen LogP contribution is -2.48. The lowest BCUT2D eigenvalue weighted by Gasteiger charge is -2.43. The molecule has 56 heavy (non-hydrogen) atoms. The van der Waals surface area contributed by atoms with Crippen LogP contribution in [-0.2, 0) is 11.3 Å². The number of alkyl halides is 3. The van der Waals surface area contributed by atoms with Crippen LogP contribution in [0.2, 0.25) is 0 Å². The normalized spacial score (nSPS) is 19.0. The average molecular weight is 778 g/mol. The Labute approximate surface area is 324 Å². The number of rotatable bonds is 12. The van der Waals surface area contributed by atoms with Crippen LogP contribution in [-0.4, -0.2) is 100 Å². The van der Waals surface area contributed by atoms with E-state index in [4.69, 9.17) is 16.6 Å². The minimum Gasteiger partial charge on any atom is -0.513 e. The second-order valence-corrected chi connectivity index (χ2v) is 14.7. The van der Waals surface area contributed by atoms with Crippen molar-refractivity contribution < 1.29 is 27.9 Å². The Bertz CT molecular complexity index is 2010. The van der Waals surface area contributed by atoms with Gasteiger partial charge in [0.1, 0.15) is 24.3 Å². The molecular weight excluding hydrogens is 727 g/mol. The van der Waals surface area contributed by atoms with Crippen LogP contribution < -0.4 is 27.0 Å². The van der Waals surface area contributed by atoms with Gasteiger partial charge in [0.25, 0.3) is 11.8 Å². The Morgan fingerprint density at radius 3 is 2.41 bits per heavy atom. The van der Waals surface area contributed by atoms with Crippen LogP contribution in [0.25, 0.3) is 11.1 Å². The summed E-state index contributed by atoms with van der Waals surface area (Å²) in [5, 5.41) is 21.0. The van der Waals surface area contributed by atoms with Gasteiger partial charge < -0.3 is 37.0 Å². The van der Waals surface area contributed by atoms with Crippen LogP contribution in [0.15, 0.2) is 71.3 Å². The summed E-state index contributed by atoms with van der Waals surface area (Å²) in [7, 11) is 5.13. The fraction of sp³-hybridized carbons (Fsp3) is 0.462. The molecule has 0 radical (unpaired) electrons. The number of aliphatic hydroxyl groups excluding tert-OH is 1. The van der Waals surface area contributed by atoms with Gasteiger partial charge in [-0.25, -0.2) is 4.98 Å². The minimum atomic E-state index is -4.50. The standard InChI is InChI=1S/C35H41F3N10O3.C4H9N/c1-4-29-32-24(14-41-48(32)22-16-47(17-22)15-21-7-5-10-27(42-21)34(51)45(2)19-35(36,37)38)23-8-6-9-26(31(23)46(29)3)43-28(25(39)18-49)13-30(40)44-33(50)20-11-12-20;1-5-4-2-3-4/h5-10,13-14,18,20,22,29,43,49H,4,11-12,15-17,19,39H2,1-3H3,(H2,40,44,50);4-5H,2-3H2,1H3/b25-18+,28-13+;. The number of pyridine rings is 1. The highest BCUT2D eigenvalue weighted by Gasteiger charge is 2.38. The largest absolute Gasteiger partial charge is 0.513 e. The molecule has 1 aromatic carbocycles. The number of carbonyl (C=O) groups excluding carboxylic acids is 2. The molecule has 2 aromatic heterocycles. The first-order chi connectivity index (χ1) is 26.7. The van der Waals surface area contributed by atoms with E-state index in [0.717, 1.165) is 61.1 Å². The van der Waals surface area contributed by atoms with Gasteiger partial charge in [0.05, 0.1) is 52.4 Å². The Kier molecular flexibility index (Phi) is 12.0. The van der Waals surface area contributed by atoms with E-state index in [9.17, 15) is 27.9 Å². The van der Waals surface area contributed by atoms with Gasteiger partial charge in [-0.05, 0) is 57.4 Å². The number of amidine groups is 1. The number of nitrogens with two attached hydrogens (primary N) is 2. The van der Waals surface area contributed by atoms with E-state index in [2.05, 4.69) is 42.0 Å². The summed E-state index contributed by atoms with van der Waals surface area (Å²) in [6.45, 7) is 2.53. The van der Waals surface area contributed by atoms with Crippen molar-refractivity contribution in [2.75, 3.05) is 51.0 Å². The summed E-state index contributed by atoms with van der Waals surface area (Å²) < 4.78 is 40.5. The molecule has 2 amide bonds. The summed E-state index contributed by atoms with van der Waals surface area (Å²) in [4.78, 5) is 38.1. The second kappa shape index (κ2) is 16.8. The summed E-state index contributed by atoms with van der Waals surface area (Å²) in [5.74, 6) is -1.17. The fourth-order valence-corrected chi connectivity index (χ4v) is 7.04. The number of likely N-dealkylation sites (tertiary alicyclic amines) is 1. The molecule has 7 N–H and O–H groups in total. The molecular formula is C39H50F3N11O3. The molecule has 2 aliphatic heterocycles. The molecule has 1 unspecified atom stereocenters. The van der Waals surface area contributed by atoms with Crippen LogP contribution in [0.4, 0.5) is 24.5 Å². The number of benzene rings is 1. The maximum absolute atomic E-state index is 12.8. The Morgan fingerprint density at radius 2 is 1.80 bits per heavy atom. The minimum absolute atomic E-state index is 0.0143. The van der Waals surface area contributed by atoms with Gasteiger partial charge >= 0.3 is 6.18 Å². The smallest absolute Gasteiger partial charge is 0.406 e. The van der Waals surface area contributed by atoms with Gasteiger partial charge in [-0.1, -0.05) is 25.1 Å². The van der Waals surface area contributed by atoms with E-state index in [0.29, 0.717) is 35.9 Å². The number of nitrogens with zero attached hydrogens (tertiary/aromatic N) is 7. The van der Waals surface area contributed by atoms with Crippen molar-refractivity contribution in [2.24, 2.45) is 22.4 Å². The number of halogens is 3. The fourth-order valence-electron chi connectivity index (χ4n) is 7.04. The lowest BCUT2D eigenvalue weighted by atomic mass is 9.91. The van der Waals surface area contributed by atoms with Crippen molar-refractivity contribution in [1.29, 1.82) is 0 Å². The highest BCUT2D eigenvalue weighted by molar-refractivity contribution is 6.02. The number of hydrogen-bond acceptors (Lipinski definition) is 10. The second-order valence-electron chi connectivity index (χ2n) is 14.7.